The predicted molar refractivity (Wildman–Crippen MR) is 62.5 cm³/mol. The second-order valence-corrected chi connectivity index (χ2v) is 3.99. The van der Waals surface area contributed by atoms with E-state index in [1.807, 2.05) is 31.2 Å². The molecular weight excluding hydrogens is 226 g/mol. The van der Waals surface area contributed by atoms with Crippen LogP contribution in [0.1, 0.15) is 24.7 Å². The van der Waals surface area contributed by atoms with Crippen LogP contribution in [0.2, 0.25) is 5.02 Å². The fraction of sp³-hybridized carbons (Fsp3) is 0.273. The summed E-state index contributed by atoms with van der Waals surface area (Å²) < 4.78 is 5.07. The highest BCUT2D eigenvalue weighted by atomic mass is 35.5. The number of nitrogens with one attached hydrogen (secondary N) is 1. The third kappa shape index (κ3) is 2.52. The predicted octanol–water partition coefficient (Wildman–Crippen LogP) is 3.20. The van der Waals surface area contributed by atoms with Gasteiger partial charge in [-0.3, -0.25) is 0 Å². The molecule has 0 amide bonds. The van der Waals surface area contributed by atoms with E-state index in [1.54, 1.807) is 6.92 Å². The molecule has 0 spiro atoms. The summed E-state index contributed by atoms with van der Waals surface area (Å²) in [7, 11) is 0. The first kappa shape index (κ1) is 11.0. The van der Waals surface area contributed by atoms with Crippen LogP contribution in [-0.2, 0) is 0 Å². The zero-order valence-corrected chi connectivity index (χ0v) is 9.82. The van der Waals surface area contributed by atoms with E-state index in [0.29, 0.717) is 16.7 Å². The van der Waals surface area contributed by atoms with Crippen LogP contribution < -0.4 is 5.32 Å². The smallest absolute Gasteiger partial charge is 0.248 e. The molecule has 0 saturated heterocycles. The van der Waals surface area contributed by atoms with Crippen molar-refractivity contribution in [2.45, 2.75) is 19.9 Å². The van der Waals surface area contributed by atoms with Crippen LogP contribution in [0.5, 0.6) is 0 Å². The third-order valence-electron chi connectivity index (χ3n) is 2.14. The molecule has 5 heteroatoms. The topological polar surface area (TPSA) is 51.0 Å². The quantitative estimate of drug-likeness (QED) is 0.891. The van der Waals surface area contributed by atoms with Gasteiger partial charge in [-0.05, 0) is 38.1 Å². The molecule has 16 heavy (non-hydrogen) atoms. The highest BCUT2D eigenvalue weighted by Crippen LogP contribution is 2.19. The summed E-state index contributed by atoms with van der Waals surface area (Å²) in [5.74, 6) is 1.22. The van der Waals surface area contributed by atoms with Gasteiger partial charge in [-0.25, -0.2) is 0 Å². The van der Waals surface area contributed by atoms with E-state index in [-0.39, 0.29) is 6.04 Å². The van der Waals surface area contributed by atoms with Crippen LogP contribution >= 0.6 is 11.6 Å². The third-order valence-corrected chi connectivity index (χ3v) is 2.39. The van der Waals surface area contributed by atoms with Crippen molar-refractivity contribution in [3.63, 3.8) is 0 Å². The van der Waals surface area contributed by atoms with Crippen molar-refractivity contribution in [2.75, 3.05) is 5.32 Å². The minimum atomic E-state index is -0.0256. The number of nitrogens with zero attached hydrogens (tertiary/aromatic N) is 2. The van der Waals surface area contributed by atoms with Crippen LogP contribution in [0.25, 0.3) is 0 Å². The summed E-state index contributed by atoms with van der Waals surface area (Å²) in [6.45, 7) is 3.75. The van der Waals surface area contributed by atoms with E-state index < -0.39 is 0 Å². The van der Waals surface area contributed by atoms with Crippen molar-refractivity contribution in [3.05, 3.63) is 41.0 Å². The molecule has 2 rings (SSSR count). The minimum Gasteiger partial charge on any atom is -0.374 e. The summed E-state index contributed by atoms with van der Waals surface area (Å²) in [6, 6.07) is 7.44. The van der Waals surface area contributed by atoms with Crippen molar-refractivity contribution >= 4 is 17.3 Å². The number of rotatable bonds is 3. The Kier molecular flexibility index (Phi) is 3.10. The number of aromatic nitrogens is 2. The normalized spacial score (nSPS) is 12.4. The lowest BCUT2D eigenvalue weighted by Gasteiger charge is -2.10. The first-order chi connectivity index (χ1) is 7.65. The Morgan fingerprint density at radius 2 is 2.00 bits per heavy atom. The molecule has 1 unspecified atom stereocenters. The maximum Gasteiger partial charge on any atom is 0.248 e. The summed E-state index contributed by atoms with van der Waals surface area (Å²) in [4.78, 5) is 4.16. The summed E-state index contributed by atoms with van der Waals surface area (Å²) in [6.07, 6.45) is 0. The lowest BCUT2D eigenvalue weighted by atomic mass is 10.2. The Morgan fingerprint density at radius 1 is 1.31 bits per heavy atom. The average Bonchev–Trinajstić information content (AvgIpc) is 2.68. The molecule has 0 aliphatic heterocycles. The molecule has 1 aromatic heterocycles. The molecule has 1 atom stereocenters. The first-order valence-corrected chi connectivity index (χ1v) is 5.35. The molecule has 1 N–H and O–H groups in total. The Morgan fingerprint density at radius 3 is 2.56 bits per heavy atom. The molecule has 1 aromatic carbocycles. The molecule has 0 fully saturated rings. The van der Waals surface area contributed by atoms with Gasteiger partial charge in [0.2, 0.25) is 5.89 Å². The highest BCUT2D eigenvalue weighted by Gasteiger charge is 2.12. The van der Waals surface area contributed by atoms with Gasteiger partial charge in [0.05, 0.1) is 0 Å². The fourth-order valence-corrected chi connectivity index (χ4v) is 1.47. The lowest BCUT2D eigenvalue weighted by molar-refractivity contribution is 0.364. The van der Waals surface area contributed by atoms with E-state index in [9.17, 15) is 0 Å². The number of hydrogen-bond acceptors (Lipinski definition) is 4. The number of halogens is 1. The van der Waals surface area contributed by atoms with Crippen molar-refractivity contribution in [3.8, 4) is 0 Å². The highest BCUT2D eigenvalue weighted by molar-refractivity contribution is 6.30. The minimum absolute atomic E-state index is 0.0256. The van der Waals surface area contributed by atoms with Gasteiger partial charge in [-0.15, -0.1) is 0 Å². The van der Waals surface area contributed by atoms with Crippen LogP contribution in [0.3, 0.4) is 0 Å². The van der Waals surface area contributed by atoms with Gasteiger partial charge in [0.15, 0.2) is 5.82 Å². The number of hydrogen-bond donors (Lipinski definition) is 1. The maximum atomic E-state index is 5.80. The first-order valence-electron chi connectivity index (χ1n) is 4.97. The molecule has 0 saturated carbocycles. The molecule has 0 aliphatic rings. The van der Waals surface area contributed by atoms with Gasteiger partial charge in [0, 0.05) is 10.7 Å². The van der Waals surface area contributed by atoms with E-state index in [0.717, 1.165) is 5.69 Å². The van der Waals surface area contributed by atoms with Crippen LogP contribution in [0.4, 0.5) is 5.69 Å². The van der Waals surface area contributed by atoms with Crippen molar-refractivity contribution in [1.29, 1.82) is 0 Å². The van der Waals surface area contributed by atoms with Crippen molar-refractivity contribution in [2.24, 2.45) is 0 Å². The maximum absolute atomic E-state index is 5.80. The van der Waals surface area contributed by atoms with E-state index in [2.05, 4.69) is 15.5 Å². The fourth-order valence-electron chi connectivity index (χ4n) is 1.35. The van der Waals surface area contributed by atoms with E-state index >= 15 is 0 Å². The Bertz CT molecular complexity index is 466. The van der Waals surface area contributed by atoms with Crippen LogP contribution in [-0.4, -0.2) is 10.1 Å². The van der Waals surface area contributed by atoms with Gasteiger partial charge in [0.25, 0.3) is 0 Å². The standard InChI is InChI=1S/C11H12ClN3O/c1-7(11-14-8(2)15-16-11)13-10-5-3-9(12)4-6-10/h3-7,13H,1-2H3. The van der Waals surface area contributed by atoms with Gasteiger partial charge in [-0.1, -0.05) is 16.8 Å². The summed E-state index contributed by atoms with van der Waals surface area (Å²) in [5, 5.41) is 7.70. The SMILES string of the molecule is Cc1noc(C(C)Nc2ccc(Cl)cc2)n1. The van der Waals surface area contributed by atoms with Gasteiger partial charge in [-0.2, -0.15) is 4.98 Å². The molecule has 84 valence electrons. The monoisotopic (exact) mass is 237 g/mol. The van der Waals surface area contributed by atoms with Crippen LogP contribution in [0, 0.1) is 6.92 Å². The molecule has 0 aliphatic carbocycles. The summed E-state index contributed by atoms with van der Waals surface area (Å²) >= 11 is 5.80. The average molecular weight is 238 g/mol. The number of benzene rings is 1. The second-order valence-electron chi connectivity index (χ2n) is 3.55. The van der Waals surface area contributed by atoms with Crippen molar-refractivity contribution < 1.29 is 4.52 Å². The van der Waals surface area contributed by atoms with E-state index in [4.69, 9.17) is 16.1 Å². The second kappa shape index (κ2) is 4.53. The Labute approximate surface area is 98.6 Å². The van der Waals surface area contributed by atoms with E-state index in [1.165, 1.54) is 0 Å². The molecule has 2 aromatic rings. The molecule has 0 radical (unpaired) electrons. The largest absolute Gasteiger partial charge is 0.374 e. The van der Waals surface area contributed by atoms with Crippen LogP contribution in [0.15, 0.2) is 28.8 Å². The number of aryl methyl sites for hydroxylation is 1. The zero-order chi connectivity index (χ0) is 11.5. The molecule has 1 heterocycles. The zero-order valence-electron chi connectivity index (χ0n) is 9.07. The Balaban J connectivity index is 2.07. The Hall–Kier alpha value is -1.55. The lowest BCUT2D eigenvalue weighted by Crippen LogP contribution is -2.06. The van der Waals surface area contributed by atoms with Crippen molar-refractivity contribution in [1.82, 2.24) is 10.1 Å². The molecule has 0 bridgehead atoms. The van der Waals surface area contributed by atoms with Gasteiger partial charge in [0.1, 0.15) is 6.04 Å². The number of anilines is 1. The molecular formula is C11H12ClN3O. The summed E-state index contributed by atoms with van der Waals surface area (Å²) in [5.41, 5.74) is 0.966. The molecule has 4 nitrogen and oxygen atoms in total. The van der Waals surface area contributed by atoms with Gasteiger partial charge < -0.3 is 9.84 Å². The van der Waals surface area contributed by atoms with Gasteiger partial charge >= 0.3 is 0 Å².